The van der Waals surface area contributed by atoms with Gasteiger partial charge in [-0.15, -0.1) is 10.2 Å². The molecule has 2 rings (SSSR count). The first kappa shape index (κ1) is 10.6. The van der Waals surface area contributed by atoms with Gasteiger partial charge in [0.25, 0.3) is 0 Å². The fourth-order valence-corrected chi connectivity index (χ4v) is 1.76. The van der Waals surface area contributed by atoms with E-state index in [0.717, 1.165) is 17.2 Å². The summed E-state index contributed by atoms with van der Waals surface area (Å²) in [4.78, 5) is 4.06. The molecule has 0 saturated carbocycles. The van der Waals surface area contributed by atoms with Crippen molar-refractivity contribution in [3.05, 3.63) is 24.3 Å². The zero-order valence-electron chi connectivity index (χ0n) is 9.68. The molecule has 0 atom stereocenters. The number of hydrogen-bond donors (Lipinski definition) is 1. The van der Waals surface area contributed by atoms with E-state index in [-0.39, 0.29) is 0 Å². The van der Waals surface area contributed by atoms with Crippen LogP contribution in [0.5, 0.6) is 0 Å². The van der Waals surface area contributed by atoms with Gasteiger partial charge in [-0.05, 0) is 26.8 Å². The second-order valence-electron chi connectivity index (χ2n) is 4.04. The molecule has 2 aromatic heterocycles. The normalized spacial score (nSPS) is 11.0. The van der Waals surface area contributed by atoms with Crippen LogP contribution in [0.4, 0.5) is 5.69 Å². The summed E-state index contributed by atoms with van der Waals surface area (Å²) in [6.45, 7) is 6.13. The van der Waals surface area contributed by atoms with Crippen molar-refractivity contribution in [3.8, 4) is 11.4 Å². The van der Waals surface area contributed by atoms with Crippen molar-refractivity contribution in [1.29, 1.82) is 0 Å². The number of nitrogen functional groups attached to an aromatic ring is 1. The van der Waals surface area contributed by atoms with E-state index in [4.69, 9.17) is 5.73 Å². The lowest BCUT2D eigenvalue weighted by atomic mass is 10.2. The molecule has 2 heterocycles. The zero-order chi connectivity index (χ0) is 11.7. The average Bonchev–Trinajstić information content (AvgIpc) is 2.60. The molecule has 0 aromatic carbocycles. The predicted molar refractivity (Wildman–Crippen MR) is 62.8 cm³/mol. The smallest absolute Gasteiger partial charge is 0.165 e. The van der Waals surface area contributed by atoms with Gasteiger partial charge in [0, 0.05) is 24.0 Å². The van der Waals surface area contributed by atoms with Crippen LogP contribution in [0.2, 0.25) is 0 Å². The molecule has 0 unspecified atom stereocenters. The van der Waals surface area contributed by atoms with Gasteiger partial charge < -0.3 is 10.3 Å². The third-order valence-corrected chi connectivity index (χ3v) is 2.40. The molecule has 0 aliphatic carbocycles. The minimum atomic E-state index is 0.312. The van der Waals surface area contributed by atoms with Gasteiger partial charge in [0.15, 0.2) is 5.82 Å². The van der Waals surface area contributed by atoms with Crippen LogP contribution in [0.1, 0.15) is 25.7 Å². The van der Waals surface area contributed by atoms with E-state index in [0.29, 0.717) is 11.7 Å². The minimum Gasteiger partial charge on any atom is -0.397 e. The highest BCUT2D eigenvalue weighted by atomic mass is 15.3. The van der Waals surface area contributed by atoms with Crippen molar-refractivity contribution in [2.75, 3.05) is 5.73 Å². The maximum absolute atomic E-state index is 5.71. The molecule has 2 N–H and O–H groups in total. The molecule has 0 saturated heterocycles. The summed E-state index contributed by atoms with van der Waals surface area (Å²) in [6, 6.07) is 2.17. The molecule has 0 bridgehead atoms. The highest BCUT2D eigenvalue weighted by molar-refractivity contribution is 5.59. The topological polar surface area (TPSA) is 69.6 Å². The number of rotatable bonds is 2. The molecular weight excluding hydrogens is 202 g/mol. The van der Waals surface area contributed by atoms with Crippen LogP contribution >= 0.6 is 0 Å². The molecule has 0 aliphatic heterocycles. The molecule has 2 aromatic rings. The third kappa shape index (κ3) is 1.76. The second-order valence-corrected chi connectivity index (χ2v) is 4.04. The number of aromatic nitrogens is 4. The average molecular weight is 217 g/mol. The maximum Gasteiger partial charge on any atom is 0.165 e. The van der Waals surface area contributed by atoms with Gasteiger partial charge in [-0.25, -0.2) is 0 Å². The summed E-state index contributed by atoms with van der Waals surface area (Å²) in [5, 5.41) is 8.25. The van der Waals surface area contributed by atoms with E-state index in [2.05, 4.69) is 33.6 Å². The van der Waals surface area contributed by atoms with Crippen LogP contribution in [-0.2, 0) is 0 Å². The largest absolute Gasteiger partial charge is 0.397 e. The van der Waals surface area contributed by atoms with Gasteiger partial charge in [-0.3, -0.25) is 4.98 Å². The highest BCUT2D eigenvalue weighted by Gasteiger charge is 2.13. The number of nitrogens with zero attached hydrogens (tertiary/aromatic N) is 4. The molecule has 0 radical (unpaired) electrons. The van der Waals surface area contributed by atoms with Gasteiger partial charge in [-0.1, -0.05) is 0 Å². The molecule has 0 amide bonds. The van der Waals surface area contributed by atoms with Crippen LogP contribution < -0.4 is 5.73 Å². The molecule has 84 valence electrons. The lowest BCUT2D eigenvalue weighted by Crippen LogP contribution is -2.05. The lowest BCUT2D eigenvalue weighted by Gasteiger charge is -2.12. The summed E-state index contributed by atoms with van der Waals surface area (Å²) in [6.07, 6.45) is 3.37. The number of aryl methyl sites for hydroxylation is 1. The van der Waals surface area contributed by atoms with Crippen LogP contribution in [0.3, 0.4) is 0 Å². The Kier molecular flexibility index (Phi) is 2.60. The first-order valence-electron chi connectivity index (χ1n) is 5.22. The van der Waals surface area contributed by atoms with Gasteiger partial charge >= 0.3 is 0 Å². The Morgan fingerprint density at radius 2 is 2.00 bits per heavy atom. The zero-order valence-corrected chi connectivity index (χ0v) is 9.68. The number of pyridine rings is 1. The summed E-state index contributed by atoms with van der Waals surface area (Å²) >= 11 is 0. The summed E-state index contributed by atoms with van der Waals surface area (Å²) in [5.74, 6) is 1.71. The first-order chi connectivity index (χ1) is 7.59. The summed E-state index contributed by atoms with van der Waals surface area (Å²) in [7, 11) is 0. The standard InChI is InChI=1S/C11H15N5/c1-7(2)16-8(3)14-15-11(16)9-4-10(12)6-13-5-9/h4-7H,12H2,1-3H3. The Labute approximate surface area is 94.3 Å². The summed E-state index contributed by atoms with van der Waals surface area (Å²) in [5.41, 5.74) is 7.24. The van der Waals surface area contributed by atoms with Crippen molar-refractivity contribution in [2.45, 2.75) is 26.8 Å². The quantitative estimate of drug-likeness (QED) is 0.832. The van der Waals surface area contributed by atoms with Crippen molar-refractivity contribution in [1.82, 2.24) is 19.7 Å². The van der Waals surface area contributed by atoms with Crippen LogP contribution in [0.15, 0.2) is 18.5 Å². The Morgan fingerprint density at radius 1 is 1.25 bits per heavy atom. The van der Waals surface area contributed by atoms with Crippen molar-refractivity contribution >= 4 is 5.69 Å². The number of hydrogen-bond acceptors (Lipinski definition) is 4. The molecular formula is C11H15N5. The Bertz CT molecular complexity index is 501. The third-order valence-electron chi connectivity index (χ3n) is 2.40. The fraction of sp³-hybridized carbons (Fsp3) is 0.364. The first-order valence-corrected chi connectivity index (χ1v) is 5.22. The van der Waals surface area contributed by atoms with Crippen LogP contribution in [-0.4, -0.2) is 19.7 Å². The van der Waals surface area contributed by atoms with Gasteiger partial charge in [-0.2, -0.15) is 0 Å². The van der Waals surface area contributed by atoms with Crippen LogP contribution in [0, 0.1) is 6.92 Å². The van der Waals surface area contributed by atoms with Crippen molar-refractivity contribution in [3.63, 3.8) is 0 Å². The van der Waals surface area contributed by atoms with E-state index in [1.165, 1.54) is 0 Å². The van der Waals surface area contributed by atoms with E-state index in [1.807, 2.05) is 13.0 Å². The Hall–Kier alpha value is -1.91. The molecule has 0 fully saturated rings. The summed E-state index contributed by atoms with van der Waals surface area (Å²) < 4.78 is 2.07. The SMILES string of the molecule is Cc1nnc(-c2cncc(N)c2)n1C(C)C. The van der Waals surface area contributed by atoms with Crippen molar-refractivity contribution in [2.24, 2.45) is 0 Å². The predicted octanol–water partition coefficient (Wildman–Crippen LogP) is 1.81. The van der Waals surface area contributed by atoms with E-state index < -0.39 is 0 Å². The van der Waals surface area contributed by atoms with Gasteiger partial charge in [0.05, 0.1) is 5.69 Å². The molecule has 0 aliphatic rings. The Balaban J connectivity index is 2.56. The van der Waals surface area contributed by atoms with E-state index in [1.54, 1.807) is 12.4 Å². The number of anilines is 1. The highest BCUT2D eigenvalue weighted by Crippen LogP contribution is 2.22. The Morgan fingerprint density at radius 3 is 2.62 bits per heavy atom. The fourth-order valence-electron chi connectivity index (χ4n) is 1.76. The molecule has 5 nitrogen and oxygen atoms in total. The van der Waals surface area contributed by atoms with E-state index in [9.17, 15) is 0 Å². The molecule has 0 spiro atoms. The molecule has 5 heteroatoms. The van der Waals surface area contributed by atoms with Gasteiger partial charge in [0.2, 0.25) is 0 Å². The van der Waals surface area contributed by atoms with Crippen LogP contribution in [0.25, 0.3) is 11.4 Å². The van der Waals surface area contributed by atoms with Gasteiger partial charge in [0.1, 0.15) is 5.82 Å². The van der Waals surface area contributed by atoms with Crippen molar-refractivity contribution < 1.29 is 0 Å². The van der Waals surface area contributed by atoms with E-state index >= 15 is 0 Å². The minimum absolute atomic E-state index is 0.312. The second kappa shape index (κ2) is 3.92. The molecule has 16 heavy (non-hydrogen) atoms. The lowest BCUT2D eigenvalue weighted by molar-refractivity contribution is 0.587. The monoisotopic (exact) mass is 217 g/mol. The maximum atomic E-state index is 5.71. The number of nitrogens with two attached hydrogens (primary N) is 1.